The molecular formula is C9H12BrN3O3. The quantitative estimate of drug-likeness (QED) is 0.631. The van der Waals surface area contributed by atoms with E-state index in [2.05, 4.69) is 21.0 Å². The van der Waals surface area contributed by atoms with Crippen LogP contribution in [-0.2, 0) is 11.3 Å². The van der Waals surface area contributed by atoms with Crippen LogP contribution in [0.3, 0.4) is 0 Å². The van der Waals surface area contributed by atoms with Crippen molar-refractivity contribution in [1.29, 1.82) is 0 Å². The van der Waals surface area contributed by atoms with Crippen LogP contribution >= 0.6 is 15.9 Å². The van der Waals surface area contributed by atoms with Crippen molar-refractivity contribution in [1.82, 2.24) is 9.78 Å². The molecule has 2 heterocycles. The Bertz CT molecular complexity index is 387. The van der Waals surface area contributed by atoms with Gasteiger partial charge in [-0.1, -0.05) is 0 Å². The molecule has 0 aromatic carbocycles. The van der Waals surface area contributed by atoms with Crippen LogP contribution in [0.2, 0.25) is 0 Å². The van der Waals surface area contributed by atoms with Crippen LogP contribution in [0.25, 0.3) is 0 Å². The summed E-state index contributed by atoms with van der Waals surface area (Å²) < 4.78 is 7.52. The van der Waals surface area contributed by atoms with Gasteiger partial charge in [0.25, 0.3) is 0 Å². The number of rotatable bonds is 3. The largest absolute Gasteiger partial charge is 0.404 e. The Balaban J connectivity index is 2.03. The Labute approximate surface area is 101 Å². The van der Waals surface area contributed by atoms with E-state index >= 15 is 0 Å². The van der Waals surface area contributed by atoms with Crippen molar-refractivity contribution in [2.45, 2.75) is 31.9 Å². The highest BCUT2D eigenvalue weighted by atomic mass is 79.9. The summed E-state index contributed by atoms with van der Waals surface area (Å²) in [5, 5.41) is 14.5. The number of hydrogen-bond acceptors (Lipinski definition) is 4. The molecule has 1 aliphatic heterocycles. The molecule has 0 radical (unpaired) electrons. The van der Waals surface area contributed by atoms with Crippen LogP contribution in [-0.4, -0.2) is 27.4 Å². The minimum atomic E-state index is -0.498. The molecule has 0 amide bonds. The highest BCUT2D eigenvalue weighted by Gasteiger charge is 2.22. The van der Waals surface area contributed by atoms with Gasteiger partial charge in [-0.25, -0.2) is 0 Å². The molecule has 6 nitrogen and oxygen atoms in total. The zero-order valence-corrected chi connectivity index (χ0v) is 10.2. The van der Waals surface area contributed by atoms with Crippen LogP contribution in [0.5, 0.6) is 0 Å². The standard InChI is InChI=1S/C9H12BrN3O3/c10-8-6-12(11-9(8)13(14)15)5-7-3-1-2-4-16-7/h6-7H,1-5H2. The Kier molecular flexibility index (Phi) is 3.55. The van der Waals surface area contributed by atoms with E-state index in [9.17, 15) is 10.1 Å². The summed E-state index contributed by atoms with van der Waals surface area (Å²) >= 11 is 3.12. The zero-order valence-electron chi connectivity index (χ0n) is 8.63. The van der Waals surface area contributed by atoms with Crippen LogP contribution < -0.4 is 0 Å². The van der Waals surface area contributed by atoms with Crippen molar-refractivity contribution in [3.05, 3.63) is 20.8 Å². The molecule has 1 aromatic rings. The van der Waals surface area contributed by atoms with E-state index in [0.29, 0.717) is 11.0 Å². The summed E-state index contributed by atoms with van der Waals surface area (Å²) in [6.45, 7) is 1.35. The fraction of sp³-hybridized carbons (Fsp3) is 0.667. The lowest BCUT2D eigenvalue weighted by atomic mass is 10.1. The summed E-state index contributed by atoms with van der Waals surface area (Å²) in [6.07, 6.45) is 4.98. The van der Waals surface area contributed by atoms with Gasteiger partial charge in [-0.15, -0.1) is 0 Å². The summed E-state index contributed by atoms with van der Waals surface area (Å²) in [4.78, 5) is 10.1. The minimum Gasteiger partial charge on any atom is -0.376 e. The normalized spacial score (nSPS) is 20.9. The maximum Gasteiger partial charge on any atom is 0.404 e. The number of ether oxygens (including phenoxy) is 1. The predicted molar refractivity (Wildman–Crippen MR) is 60.2 cm³/mol. The Morgan fingerprint density at radius 1 is 1.69 bits per heavy atom. The Morgan fingerprint density at radius 3 is 3.06 bits per heavy atom. The van der Waals surface area contributed by atoms with Gasteiger partial charge >= 0.3 is 5.82 Å². The maximum atomic E-state index is 10.6. The van der Waals surface area contributed by atoms with E-state index in [-0.39, 0.29) is 11.9 Å². The number of hydrogen-bond donors (Lipinski definition) is 0. The predicted octanol–water partition coefficient (Wildman–Crippen LogP) is 2.12. The van der Waals surface area contributed by atoms with E-state index in [1.807, 2.05) is 0 Å². The van der Waals surface area contributed by atoms with Gasteiger partial charge in [0.2, 0.25) is 0 Å². The molecule has 1 atom stereocenters. The zero-order chi connectivity index (χ0) is 11.5. The first-order valence-electron chi connectivity index (χ1n) is 5.16. The van der Waals surface area contributed by atoms with E-state index in [1.165, 1.54) is 0 Å². The molecule has 1 aromatic heterocycles. The number of nitro groups is 1. The average molecular weight is 290 g/mol. The molecule has 1 saturated heterocycles. The highest BCUT2D eigenvalue weighted by Crippen LogP contribution is 2.23. The summed E-state index contributed by atoms with van der Waals surface area (Å²) in [5.74, 6) is -0.143. The van der Waals surface area contributed by atoms with E-state index < -0.39 is 4.92 Å². The highest BCUT2D eigenvalue weighted by molar-refractivity contribution is 9.10. The Hall–Kier alpha value is -0.950. The monoisotopic (exact) mass is 289 g/mol. The van der Waals surface area contributed by atoms with Gasteiger partial charge in [0.1, 0.15) is 4.47 Å². The minimum absolute atomic E-state index is 0.125. The van der Waals surface area contributed by atoms with E-state index in [4.69, 9.17) is 4.74 Å². The first kappa shape index (κ1) is 11.5. The van der Waals surface area contributed by atoms with Gasteiger partial charge < -0.3 is 14.9 Å². The molecule has 16 heavy (non-hydrogen) atoms. The molecule has 1 aliphatic rings. The van der Waals surface area contributed by atoms with Gasteiger partial charge in [0, 0.05) is 6.61 Å². The summed E-state index contributed by atoms with van der Waals surface area (Å²) in [6, 6.07) is 0. The molecule has 7 heteroatoms. The van der Waals surface area contributed by atoms with Crippen molar-refractivity contribution >= 4 is 21.7 Å². The van der Waals surface area contributed by atoms with E-state index in [1.54, 1.807) is 10.9 Å². The van der Waals surface area contributed by atoms with Gasteiger partial charge in [-0.2, -0.15) is 4.68 Å². The van der Waals surface area contributed by atoms with Gasteiger partial charge in [0.05, 0.1) is 23.9 Å². The molecule has 1 unspecified atom stereocenters. The third kappa shape index (κ3) is 2.59. The van der Waals surface area contributed by atoms with Crippen molar-refractivity contribution in [3.63, 3.8) is 0 Å². The van der Waals surface area contributed by atoms with Crippen molar-refractivity contribution in [2.24, 2.45) is 0 Å². The van der Waals surface area contributed by atoms with Gasteiger partial charge in [-0.3, -0.25) is 0 Å². The molecule has 0 saturated carbocycles. The molecule has 0 bridgehead atoms. The second kappa shape index (κ2) is 4.92. The Morgan fingerprint density at radius 2 is 2.50 bits per heavy atom. The number of aromatic nitrogens is 2. The first-order chi connectivity index (χ1) is 7.66. The van der Waals surface area contributed by atoms with Crippen molar-refractivity contribution < 1.29 is 9.66 Å². The average Bonchev–Trinajstić information content (AvgIpc) is 2.61. The van der Waals surface area contributed by atoms with Crippen LogP contribution in [0.15, 0.2) is 10.7 Å². The molecule has 0 N–H and O–H groups in total. The molecule has 2 rings (SSSR count). The molecule has 0 spiro atoms. The molecular weight excluding hydrogens is 278 g/mol. The molecule has 1 fully saturated rings. The summed E-state index contributed by atoms with van der Waals surface area (Å²) in [7, 11) is 0. The lowest BCUT2D eigenvalue weighted by Crippen LogP contribution is -2.24. The fourth-order valence-corrected chi connectivity index (χ4v) is 2.22. The third-order valence-corrected chi connectivity index (χ3v) is 3.10. The lowest BCUT2D eigenvalue weighted by molar-refractivity contribution is -0.390. The lowest BCUT2D eigenvalue weighted by Gasteiger charge is -2.21. The maximum absolute atomic E-state index is 10.6. The van der Waals surface area contributed by atoms with Crippen molar-refractivity contribution in [3.8, 4) is 0 Å². The van der Waals surface area contributed by atoms with Crippen molar-refractivity contribution in [2.75, 3.05) is 6.61 Å². The molecule has 88 valence electrons. The van der Waals surface area contributed by atoms with Crippen LogP contribution in [0, 0.1) is 10.1 Å². The van der Waals surface area contributed by atoms with Crippen LogP contribution in [0.4, 0.5) is 5.82 Å². The first-order valence-corrected chi connectivity index (χ1v) is 5.95. The fourth-order valence-electron chi connectivity index (χ4n) is 1.76. The second-order valence-corrected chi connectivity index (χ2v) is 4.62. The smallest absolute Gasteiger partial charge is 0.376 e. The number of halogens is 1. The number of nitrogens with zero attached hydrogens (tertiary/aromatic N) is 3. The topological polar surface area (TPSA) is 70.2 Å². The van der Waals surface area contributed by atoms with Gasteiger partial charge in [-0.05, 0) is 40.1 Å². The summed E-state index contributed by atoms with van der Waals surface area (Å²) in [5.41, 5.74) is 0. The van der Waals surface area contributed by atoms with E-state index in [0.717, 1.165) is 25.9 Å². The SMILES string of the molecule is O=[N+]([O-])c1nn(CC2CCCCO2)cc1Br. The van der Waals surface area contributed by atoms with Gasteiger partial charge in [0.15, 0.2) is 0 Å². The van der Waals surface area contributed by atoms with Crippen LogP contribution in [0.1, 0.15) is 19.3 Å². The molecule has 0 aliphatic carbocycles. The second-order valence-electron chi connectivity index (χ2n) is 3.77. The third-order valence-electron chi connectivity index (χ3n) is 2.54.